The minimum absolute atomic E-state index is 0.0927. The number of benzene rings is 1. The van der Waals surface area contributed by atoms with Gasteiger partial charge in [0.05, 0.1) is 28.7 Å². The maximum absolute atomic E-state index is 12.2. The van der Waals surface area contributed by atoms with E-state index >= 15 is 0 Å². The van der Waals surface area contributed by atoms with Crippen LogP contribution in [0.2, 0.25) is 0 Å². The molecule has 3 rings (SSSR count). The third kappa shape index (κ3) is 4.08. The molecule has 0 radical (unpaired) electrons. The van der Waals surface area contributed by atoms with Gasteiger partial charge in [0, 0.05) is 18.7 Å². The highest BCUT2D eigenvalue weighted by Gasteiger charge is 2.26. The predicted molar refractivity (Wildman–Crippen MR) is 95.2 cm³/mol. The molecule has 7 nitrogen and oxygen atoms in total. The van der Waals surface area contributed by atoms with Crippen LogP contribution in [0.4, 0.5) is 5.69 Å². The van der Waals surface area contributed by atoms with Gasteiger partial charge in [0.1, 0.15) is 0 Å². The van der Waals surface area contributed by atoms with Crippen LogP contribution >= 0.6 is 0 Å². The summed E-state index contributed by atoms with van der Waals surface area (Å²) >= 11 is 0. The summed E-state index contributed by atoms with van der Waals surface area (Å²) in [6.07, 6.45) is 7.68. The summed E-state index contributed by atoms with van der Waals surface area (Å²) in [5, 5.41) is 6.98. The fourth-order valence-corrected chi connectivity index (χ4v) is 4.12. The number of para-hydroxylation sites is 1. The number of sulfone groups is 1. The lowest BCUT2D eigenvalue weighted by Gasteiger charge is -2.14. The van der Waals surface area contributed by atoms with E-state index < -0.39 is 9.84 Å². The van der Waals surface area contributed by atoms with E-state index in [2.05, 4.69) is 10.4 Å². The third-order valence-electron chi connectivity index (χ3n) is 4.54. The zero-order valence-corrected chi connectivity index (χ0v) is 14.9. The van der Waals surface area contributed by atoms with Gasteiger partial charge in [-0.15, -0.1) is 0 Å². The fraction of sp³-hybridized carbons (Fsp3) is 0.412. The first-order chi connectivity index (χ1) is 11.8. The lowest BCUT2D eigenvalue weighted by Crippen LogP contribution is -2.28. The molecular weight excluding hydrogens is 340 g/mol. The first kappa shape index (κ1) is 17.6. The summed E-state index contributed by atoms with van der Waals surface area (Å²) in [4.78, 5) is 12.4. The Balaban J connectivity index is 1.74. The van der Waals surface area contributed by atoms with E-state index in [1.54, 1.807) is 24.4 Å². The van der Waals surface area contributed by atoms with E-state index in [4.69, 9.17) is 5.73 Å². The number of rotatable bonds is 5. The second-order valence-electron chi connectivity index (χ2n) is 6.52. The van der Waals surface area contributed by atoms with Crippen LogP contribution in [0.1, 0.15) is 25.7 Å². The molecule has 0 saturated heterocycles. The summed E-state index contributed by atoms with van der Waals surface area (Å²) < 4.78 is 25.3. The number of hydrogen-bond donors (Lipinski definition) is 2. The quantitative estimate of drug-likeness (QED) is 0.842. The molecule has 2 atom stereocenters. The van der Waals surface area contributed by atoms with E-state index in [0.717, 1.165) is 25.5 Å². The highest BCUT2D eigenvalue weighted by molar-refractivity contribution is 7.90. The molecule has 1 amide bonds. The van der Waals surface area contributed by atoms with Crippen LogP contribution in [-0.4, -0.2) is 36.4 Å². The molecule has 8 heteroatoms. The number of carbonyl (C=O) groups is 1. The van der Waals surface area contributed by atoms with Crippen molar-refractivity contribution in [2.45, 2.75) is 36.6 Å². The van der Waals surface area contributed by atoms with Crippen LogP contribution in [0.5, 0.6) is 0 Å². The molecule has 1 aromatic carbocycles. The number of aromatic nitrogens is 2. The number of nitrogens with one attached hydrogen (secondary N) is 1. The van der Waals surface area contributed by atoms with Gasteiger partial charge >= 0.3 is 0 Å². The van der Waals surface area contributed by atoms with Crippen molar-refractivity contribution in [2.75, 3.05) is 11.6 Å². The normalized spacial score (nSPS) is 20.6. The molecule has 1 aliphatic rings. The Morgan fingerprint density at radius 1 is 1.36 bits per heavy atom. The van der Waals surface area contributed by atoms with E-state index in [9.17, 15) is 13.2 Å². The molecule has 0 spiro atoms. The molecule has 1 fully saturated rings. The number of amides is 1. The Bertz CT molecular complexity index is 876. The summed E-state index contributed by atoms with van der Waals surface area (Å²) in [5.41, 5.74) is 6.98. The smallest absolute Gasteiger partial charge is 0.224 e. The minimum atomic E-state index is -3.38. The van der Waals surface area contributed by atoms with Gasteiger partial charge in [0.2, 0.25) is 5.91 Å². The lowest BCUT2D eigenvalue weighted by molar-refractivity contribution is -0.117. The van der Waals surface area contributed by atoms with Gasteiger partial charge in [0.15, 0.2) is 9.84 Å². The Kier molecular flexibility index (Phi) is 4.91. The highest BCUT2D eigenvalue weighted by atomic mass is 32.2. The highest BCUT2D eigenvalue weighted by Crippen LogP contribution is 2.27. The first-order valence-electron chi connectivity index (χ1n) is 8.24. The molecule has 0 unspecified atom stereocenters. The van der Waals surface area contributed by atoms with Crippen molar-refractivity contribution in [1.82, 2.24) is 9.78 Å². The molecule has 25 heavy (non-hydrogen) atoms. The molecule has 2 aromatic rings. The second-order valence-corrected chi connectivity index (χ2v) is 8.50. The van der Waals surface area contributed by atoms with Crippen LogP contribution < -0.4 is 11.1 Å². The Morgan fingerprint density at radius 3 is 2.80 bits per heavy atom. The average Bonchev–Trinajstić information content (AvgIpc) is 3.16. The fourth-order valence-electron chi connectivity index (χ4n) is 3.25. The van der Waals surface area contributed by atoms with Crippen molar-refractivity contribution >= 4 is 21.4 Å². The molecule has 3 N–H and O–H groups in total. The van der Waals surface area contributed by atoms with Crippen LogP contribution in [0, 0.1) is 5.92 Å². The topological polar surface area (TPSA) is 107 Å². The van der Waals surface area contributed by atoms with Crippen LogP contribution in [0.15, 0.2) is 41.6 Å². The lowest BCUT2D eigenvalue weighted by atomic mass is 10.00. The molecule has 1 aliphatic carbocycles. The van der Waals surface area contributed by atoms with Crippen molar-refractivity contribution < 1.29 is 13.2 Å². The Morgan fingerprint density at radius 2 is 2.12 bits per heavy atom. The third-order valence-corrected chi connectivity index (χ3v) is 5.69. The number of carbonyl (C=O) groups excluding carboxylic acids is 1. The van der Waals surface area contributed by atoms with E-state index in [-0.39, 0.29) is 22.8 Å². The molecule has 0 bridgehead atoms. The predicted octanol–water partition coefficient (Wildman–Crippen LogP) is 1.73. The number of nitrogens with two attached hydrogens (primary N) is 1. The van der Waals surface area contributed by atoms with Crippen molar-refractivity contribution in [3.8, 4) is 5.69 Å². The van der Waals surface area contributed by atoms with Crippen molar-refractivity contribution in [3.63, 3.8) is 0 Å². The monoisotopic (exact) mass is 362 g/mol. The summed E-state index contributed by atoms with van der Waals surface area (Å²) in [7, 11) is -3.38. The Labute approximate surface area is 147 Å². The van der Waals surface area contributed by atoms with E-state index in [1.165, 1.54) is 16.9 Å². The maximum Gasteiger partial charge on any atom is 0.224 e. The molecular formula is C17H22N4O3S. The summed E-state index contributed by atoms with van der Waals surface area (Å²) in [6.45, 7) is 0. The van der Waals surface area contributed by atoms with Crippen LogP contribution in [0.3, 0.4) is 0 Å². The van der Waals surface area contributed by atoms with Crippen LogP contribution in [-0.2, 0) is 14.6 Å². The van der Waals surface area contributed by atoms with Gasteiger partial charge in [-0.3, -0.25) is 4.79 Å². The van der Waals surface area contributed by atoms with Crippen LogP contribution in [0.25, 0.3) is 5.69 Å². The van der Waals surface area contributed by atoms with Gasteiger partial charge in [-0.1, -0.05) is 18.6 Å². The number of nitrogens with zero attached hydrogens (tertiary/aromatic N) is 2. The van der Waals surface area contributed by atoms with E-state index in [1.807, 2.05) is 0 Å². The van der Waals surface area contributed by atoms with Gasteiger partial charge in [-0.25, -0.2) is 13.1 Å². The largest absolute Gasteiger partial charge is 0.327 e. The SMILES string of the molecule is CS(=O)(=O)c1ccccc1-n1cc(NC(=O)C[C@@H]2CCC[C@H]2N)cn1. The molecule has 1 heterocycles. The number of hydrogen-bond acceptors (Lipinski definition) is 5. The molecule has 1 saturated carbocycles. The zero-order valence-electron chi connectivity index (χ0n) is 14.1. The van der Waals surface area contributed by atoms with E-state index in [0.29, 0.717) is 17.8 Å². The molecule has 134 valence electrons. The molecule has 1 aromatic heterocycles. The number of anilines is 1. The van der Waals surface area contributed by atoms with Crippen molar-refractivity contribution in [2.24, 2.45) is 11.7 Å². The standard InChI is InChI=1S/C17H22N4O3S/c1-25(23,24)16-8-3-2-7-15(16)21-11-13(10-19-21)20-17(22)9-12-5-4-6-14(12)18/h2-3,7-8,10-12,14H,4-6,9,18H2,1H3,(H,20,22)/t12-,14+/m0/s1. The summed E-state index contributed by atoms with van der Waals surface area (Å²) in [6, 6.07) is 6.70. The molecule has 0 aliphatic heterocycles. The average molecular weight is 362 g/mol. The van der Waals surface area contributed by atoms with Crippen molar-refractivity contribution in [1.29, 1.82) is 0 Å². The maximum atomic E-state index is 12.2. The van der Waals surface area contributed by atoms with Gasteiger partial charge < -0.3 is 11.1 Å². The van der Waals surface area contributed by atoms with Crippen molar-refractivity contribution in [3.05, 3.63) is 36.7 Å². The van der Waals surface area contributed by atoms with Gasteiger partial charge in [-0.05, 0) is 30.9 Å². The Hall–Kier alpha value is -2.19. The zero-order chi connectivity index (χ0) is 18.0. The van der Waals surface area contributed by atoms with Gasteiger partial charge in [-0.2, -0.15) is 5.10 Å². The summed E-state index contributed by atoms with van der Waals surface area (Å²) in [5.74, 6) is 0.124. The second kappa shape index (κ2) is 6.97. The van der Waals surface area contributed by atoms with Gasteiger partial charge in [0.25, 0.3) is 0 Å². The minimum Gasteiger partial charge on any atom is -0.327 e. The first-order valence-corrected chi connectivity index (χ1v) is 10.1.